The first kappa shape index (κ1) is 13.7. The van der Waals surface area contributed by atoms with E-state index in [1.54, 1.807) is 0 Å². The largest absolute Gasteiger partial charge is 0.366 e. The van der Waals surface area contributed by atoms with Crippen molar-refractivity contribution in [2.24, 2.45) is 0 Å². The second kappa shape index (κ2) is 5.91. The van der Waals surface area contributed by atoms with Crippen LogP contribution in [0.15, 0.2) is 24.3 Å². The first-order chi connectivity index (χ1) is 8.56. The Morgan fingerprint density at radius 3 is 2.89 bits per heavy atom. The van der Waals surface area contributed by atoms with Crippen molar-refractivity contribution in [3.05, 3.63) is 29.3 Å². The fraction of sp³-hybridized carbons (Fsp3) is 0.571. The molecule has 1 heterocycles. The lowest BCUT2D eigenvalue weighted by Crippen LogP contribution is -2.58. The van der Waals surface area contributed by atoms with Crippen molar-refractivity contribution in [1.82, 2.24) is 10.2 Å². The Morgan fingerprint density at radius 2 is 2.22 bits per heavy atom. The van der Waals surface area contributed by atoms with Gasteiger partial charge in [-0.25, -0.2) is 0 Å². The maximum atomic E-state index is 6.08. The number of anilines is 1. The third-order valence-electron chi connectivity index (χ3n) is 3.38. The number of nitrogens with one attached hydrogen (secondary N) is 1. The van der Waals surface area contributed by atoms with E-state index in [0.717, 1.165) is 24.7 Å². The van der Waals surface area contributed by atoms with Crippen molar-refractivity contribution in [2.75, 3.05) is 38.6 Å². The highest BCUT2D eigenvalue weighted by atomic mass is 35.5. The second-order valence-corrected chi connectivity index (χ2v) is 5.79. The summed E-state index contributed by atoms with van der Waals surface area (Å²) in [6.45, 7) is 5.36. The molecule has 0 bridgehead atoms. The lowest BCUT2D eigenvalue weighted by Gasteiger charge is -2.41. The normalized spacial score (nSPS) is 24.6. The van der Waals surface area contributed by atoms with Gasteiger partial charge in [0.1, 0.15) is 0 Å². The molecule has 18 heavy (non-hydrogen) atoms. The van der Waals surface area contributed by atoms with Crippen LogP contribution in [-0.4, -0.2) is 50.7 Å². The van der Waals surface area contributed by atoms with Gasteiger partial charge in [-0.2, -0.15) is 0 Å². The monoisotopic (exact) mass is 267 g/mol. The van der Waals surface area contributed by atoms with E-state index in [-0.39, 0.29) is 0 Å². The van der Waals surface area contributed by atoms with Gasteiger partial charge < -0.3 is 15.1 Å². The van der Waals surface area contributed by atoms with Gasteiger partial charge in [-0.05, 0) is 39.2 Å². The van der Waals surface area contributed by atoms with Gasteiger partial charge in [-0.1, -0.05) is 17.7 Å². The summed E-state index contributed by atoms with van der Waals surface area (Å²) < 4.78 is 0. The summed E-state index contributed by atoms with van der Waals surface area (Å²) in [5.74, 6) is 0. The van der Waals surface area contributed by atoms with Crippen LogP contribution >= 0.6 is 11.6 Å². The van der Waals surface area contributed by atoms with E-state index in [2.05, 4.69) is 48.3 Å². The zero-order valence-electron chi connectivity index (χ0n) is 11.4. The second-order valence-electron chi connectivity index (χ2n) is 5.35. The molecule has 1 fully saturated rings. The Kier molecular flexibility index (Phi) is 4.49. The molecule has 1 saturated heterocycles. The van der Waals surface area contributed by atoms with Gasteiger partial charge in [0, 0.05) is 42.4 Å². The van der Waals surface area contributed by atoms with Crippen LogP contribution in [0.5, 0.6) is 0 Å². The minimum absolute atomic E-state index is 0.502. The third kappa shape index (κ3) is 3.37. The summed E-state index contributed by atoms with van der Waals surface area (Å²) in [7, 11) is 4.23. The molecule has 0 saturated carbocycles. The Balaban J connectivity index is 2.10. The Labute approximate surface area is 115 Å². The number of likely N-dealkylation sites (N-methyl/N-ethyl adjacent to an activating group) is 1. The van der Waals surface area contributed by atoms with E-state index < -0.39 is 0 Å². The van der Waals surface area contributed by atoms with Gasteiger partial charge in [0.25, 0.3) is 0 Å². The molecule has 0 spiro atoms. The standard InChI is InChI=1S/C14H22ClN3/c1-11-8-16-13(9-17(2)3)10-18(11)14-6-4-5-12(15)7-14/h4-7,11,13,16H,8-10H2,1-3H3. The van der Waals surface area contributed by atoms with E-state index in [0.29, 0.717) is 12.1 Å². The highest BCUT2D eigenvalue weighted by molar-refractivity contribution is 6.30. The highest BCUT2D eigenvalue weighted by Crippen LogP contribution is 2.23. The number of rotatable bonds is 3. The predicted molar refractivity (Wildman–Crippen MR) is 78.6 cm³/mol. The molecule has 1 N–H and O–H groups in total. The lowest BCUT2D eigenvalue weighted by atomic mass is 10.1. The molecule has 0 aromatic heterocycles. The van der Waals surface area contributed by atoms with E-state index >= 15 is 0 Å². The van der Waals surface area contributed by atoms with Gasteiger partial charge in [-0.15, -0.1) is 0 Å². The molecule has 2 rings (SSSR count). The molecule has 0 aliphatic carbocycles. The Morgan fingerprint density at radius 1 is 1.44 bits per heavy atom. The molecule has 1 aromatic carbocycles. The topological polar surface area (TPSA) is 18.5 Å². The number of piperazine rings is 1. The SMILES string of the molecule is CC1CNC(CN(C)C)CN1c1cccc(Cl)c1. The molecule has 4 heteroatoms. The Bertz CT molecular complexity index is 394. The van der Waals surface area contributed by atoms with Gasteiger partial charge in [0.15, 0.2) is 0 Å². The Hall–Kier alpha value is -0.770. The average molecular weight is 268 g/mol. The van der Waals surface area contributed by atoms with Crippen LogP contribution < -0.4 is 10.2 Å². The average Bonchev–Trinajstić information content (AvgIpc) is 2.31. The minimum Gasteiger partial charge on any atom is -0.366 e. The molecule has 1 aliphatic heterocycles. The number of hydrogen-bond acceptors (Lipinski definition) is 3. The molecule has 2 atom stereocenters. The molecule has 0 radical (unpaired) electrons. The summed E-state index contributed by atoms with van der Waals surface area (Å²) in [6.07, 6.45) is 0. The smallest absolute Gasteiger partial charge is 0.0426 e. The van der Waals surface area contributed by atoms with Gasteiger partial charge in [-0.3, -0.25) is 0 Å². The van der Waals surface area contributed by atoms with Gasteiger partial charge in [0.05, 0.1) is 0 Å². The zero-order valence-corrected chi connectivity index (χ0v) is 12.1. The first-order valence-corrected chi connectivity index (χ1v) is 6.84. The van der Waals surface area contributed by atoms with Crippen LogP contribution in [-0.2, 0) is 0 Å². The fourth-order valence-corrected chi connectivity index (χ4v) is 2.69. The maximum absolute atomic E-state index is 6.08. The van der Waals surface area contributed by atoms with Crippen molar-refractivity contribution in [2.45, 2.75) is 19.0 Å². The van der Waals surface area contributed by atoms with Gasteiger partial charge >= 0.3 is 0 Å². The highest BCUT2D eigenvalue weighted by Gasteiger charge is 2.25. The molecular formula is C14H22ClN3. The molecule has 1 aliphatic rings. The van der Waals surface area contributed by atoms with Crippen molar-refractivity contribution < 1.29 is 0 Å². The van der Waals surface area contributed by atoms with E-state index in [4.69, 9.17) is 11.6 Å². The quantitative estimate of drug-likeness (QED) is 0.905. The maximum Gasteiger partial charge on any atom is 0.0426 e. The van der Waals surface area contributed by atoms with Crippen LogP contribution in [0.25, 0.3) is 0 Å². The van der Waals surface area contributed by atoms with Crippen LogP contribution in [0.3, 0.4) is 0 Å². The van der Waals surface area contributed by atoms with Crippen molar-refractivity contribution in [3.8, 4) is 0 Å². The minimum atomic E-state index is 0.502. The predicted octanol–water partition coefficient (Wildman–Crippen LogP) is 2.07. The molecule has 100 valence electrons. The van der Waals surface area contributed by atoms with Crippen molar-refractivity contribution in [1.29, 1.82) is 0 Å². The summed E-state index contributed by atoms with van der Waals surface area (Å²) >= 11 is 6.08. The number of benzene rings is 1. The summed E-state index contributed by atoms with van der Waals surface area (Å²) in [5, 5.41) is 4.41. The summed E-state index contributed by atoms with van der Waals surface area (Å²) in [4.78, 5) is 4.67. The number of hydrogen-bond donors (Lipinski definition) is 1. The molecule has 1 aromatic rings. The van der Waals surface area contributed by atoms with Crippen LogP contribution in [0, 0.1) is 0 Å². The summed E-state index contributed by atoms with van der Waals surface area (Å²) in [6, 6.07) is 9.15. The van der Waals surface area contributed by atoms with Crippen LogP contribution in [0.1, 0.15) is 6.92 Å². The van der Waals surface area contributed by atoms with Crippen molar-refractivity contribution >= 4 is 17.3 Å². The van der Waals surface area contributed by atoms with E-state index in [1.807, 2.05) is 12.1 Å². The number of halogens is 1. The lowest BCUT2D eigenvalue weighted by molar-refractivity contribution is 0.307. The summed E-state index contributed by atoms with van der Waals surface area (Å²) in [5.41, 5.74) is 1.22. The molecule has 0 amide bonds. The van der Waals surface area contributed by atoms with Gasteiger partial charge in [0.2, 0.25) is 0 Å². The van der Waals surface area contributed by atoms with Crippen molar-refractivity contribution in [3.63, 3.8) is 0 Å². The zero-order chi connectivity index (χ0) is 13.1. The molecule has 2 unspecified atom stereocenters. The third-order valence-corrected chi connectivity index (χ3v) is 3.61. The number of nitrogens with zero attached hydrogens (tertiary/aromatic N) is 2. The van der Waals surface area contributed by atoms with Crippen LogP contribution in [0.2, 0.25) is 5.02 Å². The van der Waals surface area contributed by atoms with E-state index in [1.165, 1.54) is 5.69 Å². The molecule has 3 nitrogen and oxygen atoms in total. The molecular weight excluding hydrogens is 246 g/mol. The fourth-order valence-electron chi connectivity index (χ4n) is 2.51. The first-order valence-electron chi connectivity index (χ1n) is 6.46. The van der Waals surface area contributed by atoms with Crippen LogP contribution in [0.4, 0.5) is 5.69 Å². The van der Waals surface area contributed by atoms with E-state index in [9.17, 15) is 0 Å².